The Morgan fingerprint density at radius 2 is 1.97 bits per heavy atom. The normalized spacial score (nSPS) is 24.2. The summed E-state index contributed by atoms with van der Waals surface area (Å²) in [6.45, 7) is 6.76. The lowest BCUT2D eigenvalue weighted by Gasteiger charge is -2.28. The summed E-state index contributed by atoms with van der Waals surface area (Å²) in [7, 11) is -1.53. The van der Waals surface area contributed by atoms with Gasteiger partial charge in [0, 0.05) is 29.6 Å². The average molecular weight is 556 g/mol. The number of halogens is 1. The third-order valence-corrected chi connectivity index (χ3v) is 9.10. The summed E-state index contributed by atoms with van der Waals surface area (Å²) in [4.78, 5) is 15.3. The molecular weight excluding hydrogens is 516 g/mol. The molecule has 0 saturated carbocycles. The molecule has 38 heavy (non-hydrogen) atoms. The highest BCUT2D eigenvalue weighted by Gasteiger charge is 2.24. The van der Waals surface area contributed by atoms with Gasteiger partial charge in [-0.2, -0.15) is 10.6 Å². The molecule has 0 N–H and O–H groups in total. The summed E-state index contributed by atoms with van der Waals surface area (Å²) >= 11 is 6.17. The van der Waals surface area contributed by atoms with Crippen molar-refractivity contribution in [2.24, 2.45) is 22.1 Å². The van der Waals surface area contributed by atoms with Gasteiger partial charge >= 0.3 is 0 Å². The Labute approximate surface area is 234 Å². The van der Waals surface area contributed by atoms with E-state index in [1.165, 1.54) is 5.56 Å². The highest BCUT2D eigenvalue weighted by Crippen LogP contribution is 2.35. The van der Waals surface area contributed by atoms with Crippen molar-refractivity contribution in [3.05, 3.63) is 70.8 Å². The molecule has 2 aliphatic heterocycles. The van der Waals surface area contributed by atoms with Gasteiger partial charge in [0.15, 0.2) is 0 Å². The number of nitrogens with zero attached hydrogens (tertiary/aromatic N) is 2. The van der Waals surface area contributed by atoms with E-state index in [0.717, 1.165) is 74.5 Å². The highest BCUT2D eigenvalue weighted by atomic mass is 35.5. The van der Waals surface area contributed by atoms with Crippen LogP contribution in [0.15, 0.2) is 59.0 Å². The maximum absolute atomic E-state index is 12.9. The molecule has 3 atom stereocenters. The van der Waals surface area contributed by atoms with Crippen LogP contribution in [0.4, 0.5) is 5.69 Å². The van der Waals surface area contributed by atoms with Crippen molar-refractivity contribution in [1.29, 1.82) is 0 Å². The second kappa shape index (κ2) is 14.2. The number of carbonyl (C=O) groups is 1. The van der Waals surface area contributed by atoms with Gasteiger partial charge in [-0.25, -0.2) is 0 Å². The number of anilines is 1. The fourth-order valence-corrected chi connectivity index (χ4v) is 6.50. The number of fused-ring (bicyclic) bond motifs is 1. The van der Waals surface area contributed by atoms with Crippen molar-refractivity contribution in [2.75, 3.05) is 30.3 Å². The Balaban J connectivity index is 1.55. The van der Waals surface area contributed by atoms with Crippen molar-refractivity contribution in [1.82, 2.24) is 0 Å². The Hall–Kier alpha value is -2.31. The maximum Gasteiger partial charge on any atom is 0.254 e. The molecule has 0 aliphatic carbocycles. The molecule has 4 rings (SSSR count). The van der Waals surface area contributed by atoms with E-state index >= 15 is 0 Å². The fourth-order valence-electron chi connectivity index (χ4n) is 5.30. The van der Waals surface area contributed by atoms with Crippen LogP contribution in [0.1, 0.15) is 68.3 Å². The average Bonchev–Trinajstić information content (AvgIpc) is 3.06. The van der Waals surface area contributed by atoms with Gasteiger partial charge < -0.3 is 18.2 Å². The molecule has 0 unspecified atom stereocenters. The summed E-state index contributed by atoms with van der Waals surface area (Å²) in [6, 6.07) is 13.6. The monoisotopic (exact) mass is 555 g/mol. The molecule has 0 aromatic heterocycles. The first kappa shape index (κ1) is 28.7. The van der Waals surface area contributed by atoms with Crippen LogP contribution in [0.25, 0.3) is 0 Å². The van der Waals surface area contributed by atoms with Gasteiger partial charge in [0.1, 0.15) is 5.75 Å². The molecule has 0 radical (unpaired) electrons. The van der Waals surface area contributed by atoms with Crippen molar-refractivity contribution < 1.29 is 13.7 Å². The maximum atomic E-state index is 12.9. The first-order valence-electron chi connectivity index (χ1n) is 14.0. The largest absolute Gasteiger partial charge is 0.491 e. The minimum atomic E-state index is -1.53. The predicted octanol–water partition coefficient (Wildman–Crippen LogP) is 7.87. The number of aryl methyl sites for hydroxylation is 1. The SMILES string of the molecule is CC[C@H]1C/C=C/C[C@H](C)C[S-](=O)=NC(=O)c2ccc3c(c2)N(CC1)C[C@@H](CCCc1cccc(Cl)c1)CO3. The van der Waals surface area contributed by atoms with Crippen LogP contribution >= 0.6 is 11.6 Å². The molecule has 2 aromatic carbocycles. The van der Waals surface area contributed by atoms with Crippen molar-refractivity contribution in [2.45, 2.75) is 58.8 Å². The number of allylic oxidation sites excluding steroid dienone is 2. The number of amides is 1. The lowest BCUT2D eigenvalue weighted by atomic mass is 9.96. The fraction of sp³-hybridized carbons (Fsp3) is 0.516. The third kappa shape index (κ3) is 8.34. The van der Waals surface area contributed by atoms with Crippen LogP contribution in [0, 0.1) is 17.8 Å². The second-order valence-corrected chi connectivity index (χ2v) is 12.4. The van der Waals surface area contributed by atoms with Gasteiger partial charge in [-0.05, 0) is 80.3 Å². The van der Waals surface area contributed by atoms with E-state index in [2.05, 4.69) is 41.3 Å². The molecule has 2 heterocycles. The van der Waals surface area contributed by atoms with Crippen LogP contribution in [0.2, 0.25) is 5.02 Å². The zero-order chi connectivity index (χ0) is 26.9. The number of hydrogen-bond donors (Lipinski definition) is 0. The van der Waals surface area contributed by atoms with Gasteiger partial charge in [0.2, 0.25) is 0 Å². The minimum absolute atomic E-state index is 0.211. The van der Waals surface area contributed by atoms with Crippen molar-refractivity contribution in [3.8, 4) is 5.75 Å². The number of carbonyl (C=O) groups excluding carboxylic acids is 1. The van der Waals surface area contributed by atoms with Gasteiger partial charge in [0.25, 0.3) is 5.91 Å². The molecular formula is C31H40ClN2O3S-. The number of hydrogen-bond acceptors (Lipinski definition) is 5. The van der Waals surface area contributed by atoms with Crippen molar-refractivity contribution in [3.63, 3.8) is 0 Å². The van der Waals surface area contributed by atoms with Gasteiger partial charge in [-0.3, -0.25) is 4.79 Å². The molecule has 2 bridgehead atoms. The Kier molecular flexibility index (Phi) is 10.7. The smallest absolute Gasteiger partial charge is 0.254 e. The first-order valence-corrected chi connectivity index (χ1v) is 15.6. The van der Waals surface area contributed by atoms with Crippen LogP contribution in [0.5, 0.6) is 5.75 Å². The van der Waals surface area contributed by atoms with Gasteiger partial charge in [-0.15, -0.1) is 0 Å². The van der Waals surface area contributed by atoms with E-state index in [1.54, 1.807) is 6.07 Å². The summed E-state index contributed by atoms with van der Waals surface area (Å²) in [6.07, 6.45) is 11.7. The first-order chi connectivity index (χ1) is 18.4. The quantitative estimate of drug-likeness (QED) is 0.278. The summed E-state index contributed by atoms with van der Waals surface area (Å²) in [5, 5.41) is 0.781. The van der Waals surface area contributed by atoms with Crippen LogP contribution in [-0.2, 0) is 21.2 Å². The van der Waals surface area contributed by atoms with Crippen LogP contribution in [0.3, 0.4) is 0 Å². The molecule has 0 spiro atoms. The highest BCUT2D eigenvalue weighted by molar-refractivity contribution is 7.75. The molecule has 0 fully saturated rings. The number of ether oxygens (including phenoxy) is 1. The van der Waals surface area contributed by atoms with E-state index in [-0.39, 0.29) is 5.92 Å². The van der Waals surface area contributed by atoms with E-state index < -0.39 is 16.5 Å². The van der Waals surface area contributed by atoms with Crippen LogP contribution in [-0.4, -0.2) is 31.4 Å². The molecule has 5 nitrogen and oxygen atoms in total. The van der Waals surface area contributed by atoms with E-state index in [0.29, 0.717) is 29.8 Å². The lowest BCUT2D eigenvalue weighted by molar-refractivity contribution is 0.100. The van der Waals surface area contributed by atoms with Gasteiger partial charge in [0.05, 0.1) is 12.3 Å². The topological polar surface area (TPSA) is 59.0 Å². The van der Waals surface area contributed by atoms with Crippen LogP contribution < -0.4 is 9.64 Å². The second-order valence-electron chi connectivity index (χ2n) is 10.8. The summed E-state index contributed by atoms with van der Waals surface area (Å²) < 4.78 is 22.9. The van der Waals surface area contributed by atoms with E-state index in [1.807, 2.05) is 30.3 Å². The Morgan fingerprint density at radius 3 is 2.79 bits per heavy atom. The summed E-state index contributed by atoms with van der Waals surface area (Å²) in [5.74, 6) is 1.97. The molecule has 2 aliphatic rings. The van der Waals surface area contributed by atoms with Crippen molar-refractivity contribution >= 4 is 33.8 Å². The Bertz CT molecular complexity index is 1210. The third-order valence-electron chi connectivity index (χ3n) is 7.64. The molecule has 206 valence electrons. The molecule has 0 saturated heterocycles. The predicted molar refractivity (Wildman–Crippen MR) is 158 cm³/mol. The van der Waals surface area contributed by atoms with E-state index in [9.17, 15) is 9.00 Å². The Morgan fingerprint density at radius 1 is 1.13 bits per heavy atom. The zero-order valence-corrected chi connectivity index (χ0v) is 24.2. The molecule has 2 aromatic rings. The number of benzene rings is 2. The molecule has 7 heteroatoms. The standard InChI is InChI=1S/C31H40ClN2O3S/c1-3-24-9-5-4-8-23(2)22-38(36)33-31(35)27-14-15-30-29(19-27)34(17-16-24)20-26(21-37-30)12-6-10-25-11-7-13-28(32)18-25/h4-5,7,11,13-15,18-19,23-24,26H,3,6,8-10,12,16-17,20-22H2,1-2H3/q-1/b5-4+/t23-,24-,26+/m0/s1. The van der Waals surface area contributed by atoms with Gasteiger partial charge in [-0.1, -0.05) is 67.8 Å². The lowest BCUT2D eigenvalue weighted by Crippen LogP contribution is -2.31. The zero-order valence-electron chi connectivity index (χ0n) is 22.6. The number of rotatable bonds is 5. The summed E-state index contributed by atoms with van der Waals surface area (Å²) in [5.41, 5.74) is 2.68. The molecule has 1 amide bonds. The minimum Gasteiger partial charge on any atom is -0.491 e. The van der Waals surface area contributed by atoms with E-state index in [4.69, 9.17) is 16.3 Å².